The summed E-state index contributed by atoms with van der Waals surface area (Å²) >= 11 is 0. The van der Waals surface area contributed by atoms with E-state index in [1.165, 1.54) is 0 Å². The van der Waals surface area contributed by atoms with Crippen LogP contribution in [-0.2, 0) is 7.05 Å². The molecule has 136 valence electrons. The number of carbonyl (C=O) groups is 1. The van der Waals surface area contributed by atoms with Crippen LogP contribution in [0.25, 0.3) is 0 Å². The van der Waals surface area contributed by atoms with Gasteiger partial charge in [0.15, 0.2) is 11.5 Å². The van der Waals surface area contributed by atoms with Gasteiger partial charge in [-0.3, -0.25) is 9.48 Å². The summed E-state index contributed by atoms with van der Waals surface area (Å²) in [5, 5.41) is 6.99. The van der Waals surface area contributed by atoms with Crippen LogP contribution in [0.3, 0.4) is 0 Å². The number of nitrogens with zero attached hydrogens (tertiary/aromatic N) is 2. The lowest BCUT2D eigenvalue weighted by Crippen LogP contribution is -2.26. The summed E-state index contributed by atoms with van der Waals surface area (Å²) in [6.45, 7) is 4.78. The van der Waals surface area contributed by atoms with Crippen molar-refractivity contribution in [2.75, 3.05) is 13.7 Å². The molecule has 25 heavy (non-hydrogen) atoms. The second-order valence-corrected chi connectivity index (χ2v) is 6.06. The van der Waals surface area contributed by atoms with Crippen LogP contribution in [0.5, 0.6) is 11.5 Å². The van der Waals surface area contributed by atoms with Gasteiger partial charge in [0.2, 0.25) is 0 Å². The van der Waals surface area contributed by atoms with E-state index in [9.17, 15) is 4.79 Å². The molecule has 6 heteroatoms. The van der Waals surface area contributed by atoms with Gasteiger partial charge in [0.25, 0.3) is 5.91 Å². The third kappa shape index (κ3) is 5.24. The van der Waals surface area contributed by atoms with Crippen molar-refractivity contribution in [3.63, 3.8) is 0 Å². The van der Waals surface area contributed by atoms with Gasteiger partial charge in [-0.2, -0.15) is 5.10 Å². The molecule has 0 aliphatic carbocycles. The van der Waals surface area contributed by atoms with Crippen molar-refractivity contribution in [2.24, 2.45) is 7.05 Å². The second-order valence-electron chi connectivity index (χ2n) is 6.06. The van der Waals surface area contributed by atoms with Crippen molar-refractivity contribution in [1.29, 1.82) is 0 Å². The quantitative estimate of drug-likeness (QED) is 0.707. The lowest BCUT2D eigenvalue weighted by molar-refractivity contribution is 0.0939. The number of benzene rings is 1. The van der Waals surface area contributed by atoms with Gasteiger partial charge in [-0.05, 0) is 31.0 Å². The summed E-state index contributed by atoms with van der Waals surface area (Å²) in [7, 11) is 3.40. The molecule has 1 aromatic carbocycles. The minimum Gasteiger partial charge on any atom is -0.493 e. The molecular weight excluding hydrogens is 318 g/mol. The third-order valence-corrected chi connectivity index (χ3v) is 4.01. The van der Waals surface area contributed by atoms with Gasteiger partial charge in [-0.25, -0.2) is 0 Å². The number of unbranched alkanes of at least 4 members (excludes halogenated alkanes) is 2. The number of aryl methyl sites for hydroxylation is 1. The number of aromatic nitrogens is 2. The van der Waals surface area contributed by atoms with E-state index in [1.807, 2.05) is 25.1 Å². The molecule has 1 heterocycles. The fourth-order valence-corrected chi connectivity index (χ4v) is 2.51. The normalized spacial score (nSPS) is 11.8. The van der Waals surface area contributed by atoms with Crippen molar-refractivity contribution in [3.8, 4) is 11.5 Å². The van der Waals surface area contributed by atoms with E-state index in [2.05, 4.69) is 17.3 Å². The zero-order valence-electron chi connectivity index (χ0n) is 15.4. The van der Waals surface area contributed by atoms with Crippen molar-refractivity contribution in [2.45, 2.75) is 39.2 Å². The van der Waals surface area contributed by atoms with E-state index in [-0.39, 0.29) is 11.9 Å². The summed E-state index contributed by atoms with van der Waals surface area (Å²) in [6.07, 6.45) is 6.58. The summed E-state index contributed by atoms with van der Waals surface area (Å²) in [4.78, 5) is 12.2. The minimum atomic E-state index is -0.157. The molecule has 1 atom stereocenters. The highest BCUT2D eigenvalue weighted by atomic mass is 16.5. The summed E-state index contributed by atoms with van der Waals surface area (Å²) in [5.74, 6) is 1.25. The van der Waals surface area contributed by atoms with Crippen molar-refractivity contribution in [3.05, 3.63) is 41.7 Å². The Balaban J connectivity index is 2.01. The predicted molar refractivity (Wildman–Crippen MR) is 97.1 cm³/mol. The monoisotopic (exact) mass is 345 g/mol. The zero-order chi connectivity index (χ0) is 18.2. The molecule has 0 bridgehead atoms. The van der Waals surface area contributed by atoms with Crippen molar-refractivity contribution < 1.29 is 14.3 Å². The van der Waals surface area contributed by atoms with Gasteiger partial charge in [0, 0.05) is 13.2 Å². The van der Waals surface area contributed by atoms with Crippen molar-refractivity contribution in [1.82, 2.24) is 15.1 Å². The molecule has 0 radical (unpaired) electrons. The average molecular weight is 345 g/mol. The fourth-order valence-electron chi connectivity index (χ4n) is 2.51. The number of rotatable bonds is 9. The van der Waals surface area contributed by atoms with Crippen LogP contribution in [-0.4, -0.2) is 29.4 Å². The Morgan fingerprint density at radius 2 is 2.12 bits per heavy atom. The predicted octanol–water partition coefficient (Wildman–Crippen LogP) is 3.49. The fraction of sp³-hybridized carbons (Fsp3) is 0.474. The molecule has 0 aliphatic rings. The highest BCUT2D eigenvalue weighted by Gasteiger charge is 2.15. The summed E-state index contributed by atoms with van der Waals surface area (Å²) < 4.78 is 12.8. The van der Waals surface area contributed by atoms with Crippen LogP contribution < -0.4 is 14.8 Å². The highest BCUT2D eigenvalue weighted by molar-refractivity contribution is 5.93. The van der Waals surface area contributed by atoms with E-state index < -0.39 is 0 Å². The van der Waals surface area contributed by atoms with Gasteiger partial charge in [0.1, 0.15) is 0 Å². The molecule has 0 saturated carbocycles. The van der Waals surface area contributed by atoms with Gasteiger partial charge in [-0.1, -0.05) is 25.8 Å². The van der Waals surface area contributed by atoms with Crippen LogP contribution in [0.2, 0.25) is 0 Å². The molecule has 1 N–H and O–H groups in total. The van der Waals surface area contributed by atoms with Crippen LogP contribution >= 0.6 is 0 Å². The van der Waals surface area contributed by atoms with Gasteiger partial charge in [0.05, 0.1) is 31.5 Å². The smallest absolute Gasteiger partial charge is 0.254 e. The maximum atomic E-state index is 12.2. The van der Waals surface area contributed by atoms with Gasteiger partial charge in [-0.15, -0.1) is 0 Å². The highest BCUT2D eigenvalue weighted by Crippen LogP contribution is 2.30. The average Bonchev–Trinajstić information content (AvgIpc) is 3.05. The molecule has 1 aromatic heterocycles. The molecular formula is C19H27N3O3. The molecule has 1 unspecified atom stereocenters. The first-order valence-electron chi connectivity index (χ1n) is 8.65. The zero-order valence-corrected chi connectivity index (χ0v) is 15.4. The van der Waals surface area contributed by atoms with E-state index in [0.717, 1.165) is 30.6 Å². The molecule has 1 amide bonds. The van der Waals surface area contributed by atoms with Crippen LogP contribution in [0.15, 0.2) is 30.6 Å². The first-order valence-corrected chi connectivity index (χ1v) is 8.65. The number of hydrogen-bond donors (Lipinski definition) is 1. The van der Waals surface area contributed by atoms with Crippen molar-refractivity contribution >= 4 is 5.91 Å². The molecule has 2 aromatic rings. The lowest BCUT2D eigenvalue weighted by atomic mass is 10.1. The molecule has 6 nitrogen and oxygen atoms in total. The third-order valence-electron chi connectivity index (χ3n) is 4.01. The molecule has 0 fully saturated rings. The Morgan fingerprint density at radius 3 is 2.76 bits per heavy atom. The number of carbonyl (C=O) groups excluding carboxylic acids is 1. The first-order chi connectivity index (χ1) is 12.0. The van der Waals surface area contributed by atoms with E-state index in [4.69, 9.17) is 9.47 Å². The van der Waals surface area contributed by atoms with Crippen LogP contribution in [0.1, 0.15) is 55.1 Å². The molecule has 0 saturated heterocycles. The van der Waals surface area contributed by atoms with Crippen LogP contribution in [0, 0.1) is 0 Å². The molecule has 0 spiro atoms. The minimum absolute atomic E-state index is 0.153. The second kappa shape index (κ2) is 9.11. The van der Waals surface area contributed by atoms with E-state index >= 15 is 0 Å². The van der Waals surface area contributed by atoms with E-state index in [1.54, 1.807) is 31.2 Å². The number of nitrogens with one attached hydrogen (secondary N) is 1. The number of amides is 1. The number of methoxy groups -OCH3 is 1. The maximum Gasteiger partial charge on any atom is 0.254 e. The summed E-state index contributed by atoms with van der Waals surface area (Å²) in [5.41, 5.74) is 1.49. The number of hydrogen-bond acceptors (Lipinski definition) is 4. The Morgan fingerprint density at radius 1 is 1.32 bits per heavy atom. The standard InChI is InChI=1S/C19H27N3O3/c1-5-6-7-10-25-17-9-8-15(11-18(17)24-4)14(2)21-19(23)16-12-20-22(3)13-16/h8-9,11-14H,5-7,10H2,1-4H3,(H,21,23). The Labute approximate surface area is 149 Å². The Bertz CT molecular complexity index is 697. The lowest BCUT2D eigenvalue weighted by Gasteiger charge is -2.17. The van der Waals surface area contributed by atoms with Crippen LogP contribution in [0.4, 0.5) is 0 Å². The maximum absolute atomic E-state index is 12.2. The van der Waals surface area contributed by atoms with Gasteiger partial charge >= 0.3 is 0 Å². The van der Waals surface area contributed by atoms with Gasteiger partial charge < -0.3 is 14.8 Å². The largest absolute Gasteiger partial charge is 0.493 e. The topological polar surface area (TPSA) is 65.4 Å². The van der Waals surface area contributed by atoms with E-state index in [0.29, 0.717) is 17.9 Å². The SMILES string of the molecule is CCCCCOc1ccc(C(C)NC(=O)c2cnn(C)c2)cc1OC. The Hall–Kier alpha value is -2.50. The summed E-state index contributed by atoms with van der Waals surface area (Å²) in [6, 6.07) is 5.60. The number of ether oxygens (including phenoxy) is 2. The molecule has 2 rings (SSSR count). The Kier molecular flexibility index (Phi) is 6.86. The first kappa shape index (κ1) is 18.8. The molecule has 0 aliphatic heterocycles.